The number of H-pyrrole nitrogens is 1. The van der Waals surface area contributed by atoms with Crippen LogP contribution in [0.1, 0.15) is 5.82 Å². The number of aromatic amines is 1. The Morgan fingerprint density at radius 3 is 3.06 bits per heavy atom. The van der Waals surface area contributed by atoms with Gasteiger partial charge in [0.05, 0.1) is 12.1 Å². The molecule has 0 spiro atoms. The third-order valence-electron chi connectivity index (χ3n) is 2.65. The lowest BCUT2D eigenvalue weighted by molar-refractivity contribution is 0.111. The second-order valence-electron chi connectivity index (χ2n) is 3.90. The summed E-state index contributed by atoms with van der Waals surface area (Å²) in [7, 11) is 1.68. The van der Waals surface area contributed by atoms with Crippen LogP contribution in [0.5, 0.6) is 0 Å². The summed E-state index contributed by atoms with van der Waals surface area (Å²) in [6, 6.07) is 1.61. The average Bonchev–Trinajstić information content (AvgIpc) is 2.63. The Bertz CT molecular complexity index is 418. The molecule has 1 aromatic heterocycles. The molecule has 0 saturated carbocycles. The third kappa shape index (κ3) is 2.40. The van der Waals surface area contributed by atoms with Crippen molar-refractivity contribution in [3.8, 4) is 0 Å². The fraction of sp³-hybridized carbons (Fsp3) is 0.600. The lowest BCUT2D eigenvalue weighted by atomic mass is 10.2. The molecule has 3 N–H and O–H groups in total. The Hall–Kier alpha value is -1.40. The van der Waals surface area contributed by atoms with Gasteiger partial charge in [0.1, 0.15) is 11.6 Å². The first-order chi connectivity index (χ1) is 7.69. The molecule has 2 rings (SSSR count). The number of hydrogen-bond acceptors (Lipinski definition) is 5. The molecule has 0 aliphatic carbocycles. The maximum absolute atomic E-state index is 11.3. The van der Waals surface area contributed by atoms with Crippen molar-refractivity contribution >= 4 is 5.82 Å². The normalized spacial score (nSPS) is 24.6. The van der Waals surface area contributed by atoms with Crippen LogP contribution < -0.4 is 16.2 Å². The molecule has 2 atom stereocenters. The molecule has 0 aromatic carbocycles. The highest BCUT2D eigenvalue weighted by atomic mass is 16.5. The van der Waals surface area contributed by atoms with E-state index in [1.165, 1.54) is 6.07 Å². The van der Waals surface area contributed by atoms with Gasteiger partial charge in [0, 0.05) is 26.3 Å². The first-order valence-corrected chi connectivity index (χ1v) is 5.27. The molecule has 1 aliphatic rings. The zero-order valence-corrected chi connectivity index (χ0v) is 9.41. The molecule has 1 aromatic rings. The second-order valence-corrected chi connectivity index (χ2v) is 3.90. The maximum Gasteiger partial charge on any atom is 0.252 e. The highest BCUT2D eigenvalue weighted by molar-refractivity contribution is 5.35. The fourth-order valence-electron chi connectivity index (χ4n) is 1.89. The summed E-state index contributed by atoms with van der Waals surface area (Å²) in [5.74, 6) is 1.20. The standard InChI is InChI=1S/C10H16N4O2/c1-6-12-9(3-10(15)13-6)14-7-4-11-5-8(7)16-2/h3,7-8,11H,4-5H2,1-2H3,(H2,12,13,14,15)/t7?,8-/m0/s1. The van der Waals surface area contributed by atoms with E-state index < -0.39 is 0 Å². The minimum absolute atomic E-state index is 0.112. The molecule has 1 fully saturated rings. The van der Waals surface area contributed by atoms with Crippen LogP contribution in [0.4, 0.5) is 5.82 Å². The molecule has 0 amide bonds. The molecule has 16 heavy (non-hydrogen) atoms. The van der Waals surface area contributed by atoms with Crippen molar-refractivity contribution in [1.82, 2.24) is 15.3 Å². The molecule has 2 heterocycles. The van der Waals surface area contributed by atoms with Crippen molar-refractivity contribution < 1.29 is 4.74 Å². The van der Waals surface area contributed by atoms with Crippen LogP contribution in [0.15, 0.2) is 10.9 Å². The molecule has 1 unspecified atom stereocenters. The van der Waals surface area contributed by atoms with Gasteiger partial charge in [0.15, 0.2) is 0 Å². The monoisotopic (exact) mass is 224 g/mol. The Balaban J connectivity index is 2.11. The van der Waals surface area contributed by atoms with Gasteiger partial charge in [0.25, 0.3) is 5.56 Å². The van der Waals surface area contributed by atoms with Crippen LogP contribution in [0.2, 0.25) is 0 Å². The quantitative estimate of drug-likeness (QED) is 0.643. The van der Waals surface area contributed by atoms with Crippen LogP contribution in [-0.2, 0) is 4.74 Å². The third-order valence-corrected chi connectivity index (χ3v) is 2.65. The average molecular weight is 224 g/mol. The largest absolute Gasteiger partial charge is 0.378 e. The van der Waals surface area contributed by atoms with E-state index in [1.54, 1.807) is 14.0 Å². The van der Waals surface area contributed by atoms with Crippen molar-refractivity contribution in [3.63, 3.8) is 0 Å². The number of aromatic nitrogens is 2. The van der Waals surface area contributed by atoms with Crippen molar-refractivity contribution in [3.05, 3.63) is 22.2 Å². The second kappa shape index (κ2) is 4.63. The van der Waals surface area contributed by atoms with Crippen LogP contribution >= 0.6 is 0 Å². The summed E-state index contributed by atoms with van der Waals surface area (Å²) in [5.41, 5.74) is -0.144. The van der Waals surface area contributed by atoms with E-state index in [2.05, 4.69) is 20.6 Å². The summed E-state index contributed by atoms with van der Waals surface area (Å²) in [6.07, 6.45) is 0.112. The maximum atomic E-state index is 11.3. The van der Waals surface area contributed by atoms with Crippen LogP contribution in [0.25, 0.3) is 0 Å². The lowest BCUT2D eigenvalue weighted by Crippen LogP contribution is -2.34. The summed E-state index contributed by atoms with van der Waals surface area (Å²) in [5, 5.41) is 6.43. The topological polar surface area (TPSA) is 79.0 Å². The molecule has 6 nitrogen and oxygen atoms in total. The van der Waals surface area contributed by atoms with Gasteiger partial charge in [0.2, 0.25) is 0 Å². The highest BCUT2D eigenvalue weighted by Crippen LogP contribution is 2.09. The van der Waals surface area contributed by atoms with Gasteiger partial charge in [-0.3, -0.25) is 4.79 Å². The van der Waals surface area contributed by atoms with Gasteiger partial charge in [-0.15, -0.1) is 0 Å². The predicted molar refractivity (Wildman–Crippen MR) is 60.7 cm³/mol. The van der Waals surface area contributed by atoms with E-state index in [0.29, 0.717) is 11.6 Å². The van der Waals surface area contributed by atoms with Gasteiger partial charge in [-0.05, 0) is 6.92 Å². The molecular formula is C10H16N4O2. The number of nitrogens with one attached hydrogen (secondary N) is 3. The van der Waals surface area contributed by atoms with E-state index in [4.69, 9.17) is 4.74 Å². The van der Waals surface area contributed by atoms with Gasteiger partial charge >= 0.3 is 0 Å². The number of ether oxygens (including phenoxy) is 1. The Labute approximate surface area is 93.4 Å². The number of methoxy groups -OCH3 is 1. The van der Waals surface area contributed by atoms with Crippen LogP contribution in [0.3, 0.4) is 0 Å². The fourth-order valence-corrected chi connectivity index (χ4v) is 1.89. The van der Waals surface area contributed by atoms with E-state index in [-0.39, 0.29) is 17.7 Å². The molecule has 0 bridgehead atoms. The van der Waals surface area contributed by atoms with Gasteiger partial charge in [-0.2, -0.15) is 0 Å². The summed E-state index contributed by atoms with van der Waals surface area (Å²) in [4.78, 5) is 18.1. The first kappa shape index (κ1) is 11.1. The van der Waals surface area contributed by atoms with Crippen molar-refractivity contribution in [1.29, 1.82) is 0 Å². The Morgan fingerprint density at radius 1 is 1.56 bits per heavy atom. The molecule has 6 heteroatoms. The van der Waals surface area contributed by atoms with Crippen molar-refractivity contribution in [2.45, 2.75) is 19.1 Å². The minimum Gasteiger partial charge on any atom is -0.378 e. The van der Waals surface area contributed by atoms with E-state index in [1.807, 2.05) is 0 Å². The molecular weight excluding hydrogens is 208 g/mol. The number of nitrogens with zero attached hydrogens (tertiary/aromatic N) is 1. The van der Waals surface area contributed by atoms with E-state index >= 15 is 0 Å². The number of rotatable bonds is 3. The Kier molecular flexibility index (Phi) is 3.21. The van der Waals surface area contributed by atoms with Gasteiger partial charge in [-0.1, -0.05) is 0 Å². The smallest absolute Gasteiger partial charge is 0.252 e. The zero-order chi connectivity index (χ0) is 11.5. The lowest BCUT2D eigenvalue weighted by Gasteiger charge is -2.18. The van der Waals surface area contributed by atoms with E-state index in [9.17, 15) is 4.79 Å². The van der Waals surface area contributed by atoms with Crippen molar-refractivity contribution in [2.24, 2.45) is 0 Å². The SMILES string of the molecule is CO[C@H]1CNCC1Nc1cc(=O)[nH]c(C)n1. The minimum atomic E-state index is -0.144. The molecule has 0 radical (unpaired) electrons. The van der Waals surface area contributed by atoms with Crippen LogP contribution in [0, 0.1) is 6.92 Å². The van der Waals surface area contributed by atoms with Gasteiger partial charge in [-0.25, -0.2) is 4.98 Å². The first-order valence-electron chi connectivity index (χ1n) is 5.27. The van der Waals surface area contributed by atoms with Crippen LogP contribution in [-0.4, -0.2) is 42.3 Å². The number of aryl methyl sites for hydroxylation is 1. The summed E-state index contributed by atoms with van der Waals surface area (Å²) in [6.45, 7) is 3.38. The van der Waals surface area contributed by atoms with E-state index in [0.717, 1.165) is 13.1 Å². The molecule has 1 saturated heterocycles. The number of hydrogen-bond donors (Lipinski definition) is 3. The predicted octanol–water partition coefficient (Wildman–Crippen LogP) is -0.523. The number of anilines is 1. The zero-order valence-electron chi connectivity index (χ0n) is 9.41. The summed E-state index contributed by atoms with van der Waals surface area (Å²) >= 11 is 0. The summed E-state index contributed by atoms with van der Waals surface area (Å²) < 4.78 is 5.32. The van der Waals surface area contributed by atoms with Crippen molar-refractivity contribution in [2.75, 3.05) is 25.5 Å². The Morgan fingerprint density at radius 2 is 2.38 bits per heavy atom. The molecule has 88 valence electrons. The van der Waals surface area contributed by atoms with Gasteiger partial charge < -0.3 is 20.4 Å². The molecule has 1 aliphatic heterocycles. The highest BCUT2D eigenvalue weighted by Gasteiger charge is 2.26.